The molecular weight excluding hydrogens is 276 g/mol. The number of nitrogens with one attached hydrogen (secondary N) is 1. The molecule has 22 heavy (non-hydrogen) atoms. The molecule has 0 aliphatic rings. The maximum absolute atomic E-state index is 12.2. The number of carbonyl (C=O) groups is 1. The zero-order valence-electron chi connectivity index (χ0n) is 13.1. The van der Waals surface area contributed by atoms with Crippen LogP contribution < -0.4 is 15.0 Å². The predicted octanol–water partition coefficient (Wildman–Crippen LogP) is 3.55. The van der Waals surface area contributed by atoms with Crippen LogP contribution in [0.1, 0.15) is 13.8 Å². The Balaban J connectivity index is 1.94. The molecule has 1 amide bonds. The lowest BCUT2D eigenvalue weighted by molar-refractivity contribution is -0.115. The standard InChI is InChI=1S/C18H22N2O2/c1-3-20(16-8-6-5-7-9-16)14-18(21)19-15-10-12-17(13-11-15)22-4-2/h5-13H,3-4,14H2,1-2H3,(H,19,21). The van der Waals surface area contributed by atoms with E-state index in [2.05, 4.69) is 5.32 Å². The van der Waals surface area contributed by atoms with Crippen LogP contribution in [0.5, 0.6) is 5.75 Å². The average Bonchev–Trinajstić information content (AvgIpc) is 2.55. The largest absolute Gasteiger partial charge is 0.494 e. The predicted molar refractivity (Wildman–Crippen MR) is 90.6 cm³/mol. The Kier molecular flexibility index (Phi) is 5.83. The van der Waals surface area contributed by atoms with Crippen LogP contribution in [0.3, 0.4) is 0 Å². The van der Waals surface area contributed by atoms with Gasteiger partial charge in [0.2, 0.25) is 5.91 Å². The van der Waals surface area contributed by atoms with E-state index in [0.717, 1.165) is 23.7 Å². The summed E-state index contributed by atoms with van der Waals surface area (Å²) in [6, 6.07) is 17.3. The highest BCUT2D eigenvalue weighted by Crippen LogP contribution is 2.16. The third-order valence-corrected chi connectivity index (χ3v) is 3.29. The first-order chi connectivity index (χ1) is 10.7. The van der Waals surface area contributed by atoms with Gasteiger partial charge in [0.05, 0.1) is 13.2 Å². The molecule has 0 atom stereocenters. The van der Waals surface area contributed by atoms with E-state index in [0.29, 0.717) is 13.2 Å². The van der Waals surface area contributed by atoms with Crippen LogP contribution in [0.25, 0.3) is 0 Å². The second kappa shape index (κ2) is 8.08. The van der Waals surface area contributed by atoms with Crippen molar-refractivity contribution in [3.8, 4) is 5.75 Å². The van der Waals surface area contributed by atoms with Crippen molar-refractivity contribution in [1.82, 2.24) is 0 Å². The number of amides is 1. The fourth-order valence-electron chi connectivity index (χ4n) is 2.20. The number of likely N-dealkylation sites (N-methyl/N-ethyl adjacent to an activating group) is 1. The zero-order chi connectivity index (χ0) is 15.8. The lowest BCUT2D eigenvalue weighted by Gasteiger charge is -2.22. The molecule has 1 N–H and O–H groups in total. The van der Waals surface area contributed by atoms with Gasteiger partial charge in [0, 0.05) is 17.9 Å². The Labute approximate surface area is 131 Å². The maximum Gasteiger partial charge on any atom is 0.243 e. The van der Waals surface area contributed by atoms with E-state index < -0.39 is 0 Å². The molecule has 0 aromatic heterocycles. The van der Waals surface area contributed by atoms with Crippen LogP contribution in [0.4, 0.5) is 11.4 Å². The van der Waals surface area contributed by atoms with Crippen LogP contribution >= 0.6 is 0 Å². The third-order valence-electron chi connectivity index (χ3n) is 3.29. The molecule has 0 unspecified atom stereocenters. The van der Waals surface area contributed by atoms with E-state index in [4.69, 9.17) is 4.74 Å². The maximum atomic E-state index is 12.2. The van der Waals surface area contributed by atoms with Crippen molar-refractivity contribution in [3.05, 3.63) is 54.6 Å². The van der Waals surface area contributed by atoms with Gasteiger partial charge in [-0.3, -0.25) is 4.79 Å². The van der Waals surface area contributed by atoms with Crippen molar-refractivity contribution in [2.24, 2.45) is 0 Å². The SMILES string of the molecule is CCOc1ccc(NC(=O)CN(CC)c2ccccc2)cc1. The highest BCUT2D eigenvalue weighted by atomic mass is 16.5. The Bertz CT molecular complexity index is 582. The average molecular weight is 298 g/mol. The molecule has 2 aromatic carbocycles. The van der Waals surface area contributed by atoms with Gasteiger partial charge in [0.1, 0.15) is 5.75 Å². The summed E-state index contributed by atoms with van der Waals surface area (Å²) in [4.78, 5) is 14.2. The number of rotatable bonds is 7. The Morgan fingerprint density at radius 3 is 2.32 bits per heavy atom. The summed E-state index contributed by atoms with van der Waals surface area (Å²) in [6.45, 7) is 5.72. The Morgan fingerprint density at radius 2 is 1.73 bits per heavy atom. The summed E-state index contributed by atoms with van der Waals surface area (Å²) in [6.07, 6.45) is 0. The summed E-state index contributed by atoms with van der Waals surface area (Å²) in [5.74, 6) is 0.773. The summed E-state index contributed by atoms with van der Waals surface area (Å²) >= 11 is 0. The molecule has 2 aromatic rings. The van der Waals surface area contributed by atoms with E-state index in [1.54, 1.807) is 0 Å². The second-order valence-electron chi connectivity index (χ2n) is 4.86. The lowest BCUT2D eigenvalue weighted by atomic mass is 10.2. The zero-order valence-corrected chi connectivity index (χ0v) is 13.1. The fourth-order valence-corrected chi connectivity index (χ4v) is 2.20. The van der Waals surface area contributed by atoms with Crippen molar-refractivity contribution in [3.63, 3.8) is 0 Å². The molecular formula is C18H22N2O2. The van der Waals surface area contributed by atoms with Gasteiger partial charge in [-0.05, 0) is 50.2 Å². The summed E-state index contributed by atoms with van der Waals surface area (Å²) in [7, 11) is 0. The van der Waals surface area contributed by atoms with Crippen LogP contribution in [0, 0.1) is 0 Å². The molecule has 0 saturated carbocycles. The van der Waals surface area contributed by atoms with Gasteiger partial charge in [-0.2, -0.15) is 0 Å². The number of carbonyl (C=O) groups excluding carboxylic acids is 1. The highest BCUT2D eigenvalue weighted by Gasteiger charge is 2.10. The smallest absolute Gasteiger partial charge is 0.243 e. The summed E-state index contributed by atoms with van der Waals surface area (Å²) in [5.41, 5.74) is 1.82. The molecule has 0 aliphatic heterocycles. The minimum atomic E-state index is -0.0325. The molecule has 4 nitrogen and oxygen atoms in total. The van der Waals surface area contributed by atoms with Gasteiger partial charge in [-0.1, -0.05) is 18.2 Å². The number of hydrogen-bond donors (Lipinski definition) is 1. The summed E-state index contributed by atoms with van der Waals surface area (Å²) in [5, 5.41) is 2.91. The second-order valence-corrected chi connectivity index (χ2v) is 4.86. The van der Waals surface area contributed by atoms with Crippen LogP contribution in [0.2, 0.25) is 0 Å². The van der Waals surface area contributed by atoms with Gasteiger partial charge in [-0.15, -0.1) is 0 Å². The third kappa shape index (κ3) is 4.52. The number of anilines is 2. The summed E-state index contributed by atoms with van der Waals surface area (Å²) < 4.78 is 5.38. The highest BCUT2D eigenvalue weighted by molar-refractivity contribution is 5.94. The van der Waals surface area contributed by atoms with Crippen LogP contribution in [-0.4, -0.2) is 25.6 Å². The molecule has 0 saturated heterocycles. The van der Waals surface area contributed by atoms with Crippen LogP contribution in [-0.2, 0) is 4.79 Å². The normalized spacial score (nSPS) is 10.1. The van der Waals surface area contributed by atoms with Gasteiger partial charge in [0.15, 0.2) is 0 Å². The minimum absolute atomic E-state index is 0.0325. The Hall–Kier alpha value is -2.49. The fraction of sp³-hybridized carbons (Fsp3) is 0.278. The number of ether oxygens (including phenoxy) is 1. The van der Waals surface area contributed by atoms with Gasteiger partial charge >= 0.3 is 0 Å². The quantitative estimate of drug-likeness (QED) is 0.850. The van der Waals surface area contributed by atoms with Crippen molar-refractivity contribution < 1.29 is 9.53 Å². The van der Waals surface area contributed by atoms with E-state index in [1.165, 1.54) is 0 Å². The molecule has 0 radical (unpaired) electrons. The van der Waals surface area contributed by atoms with E-state index in [1.807, 2.05) is 73.3 Å². The van der Waals surface area contributed by atoms with Crippen molar-refractivity contribution in [2.75, 3.05) is 29.9 Å². The first-order valence-corrected chi connectivity index (χ1v) is 7.55. The molecule has 0 aliphatic carbocycles. The molecule has 116 valence electrons. The molecule has 0 fully saturated rings. The van der Waals surface area contributed by atoms with Crippen LogP contribution in [0.15, 0.2) is 54.6 Å². The molecule has 0 bridgehead atoms. The number of benzene rings is 2. The number of para-hydroxylation sites is 1. The van der Waals surface area contributed by atoms with E-state index in [-0.39, 0.29) is 5.91 Å². The van der Waals surface area contributed by atoms with Crippen molar-refractivity contribution in [2.45, 2.75) is 13.8 Å². The topological polar surface area (TPSA) is 41.6 Å². The Morgan fingerprint density at radius 1 is 1.05 bits per heavy atom. The lowest BCUT2D eigenvalue weighted by Crippen LogP contribution is -2.33. The number of hydrogen-bond acceptors (Lipinski definition) is 3. The van der Waals surface area contributed by atoms with E-state index >= 15 is 0 Å². The van der Waals surface area contributed by atoms with Crippen molar-refractivity contribution >= 4 is 17.3 Å². The van der Waals surface area contributed by atoms with Gasteiger partial charge in [-0.25, -0.2) is 0 Å². The molecule has 0 spiro atoms. The van der Waals surface area contributed by atoms with Gasteiger partial charge < -0.3 is 15.0 Å². The van der Waals surface area contributed by atoms with E-state index in [9.17, 15) is 4.79 Å². The molecule has 0 heterocycles. The minimum Gasteiger partial charge on any atom is -0.494 e. The monoisotopic (exact) mass is 298 g/mol. The van der Waals surface area contributed by atoms with Gasteiger partial charge in [0.25, 0.3) is 0 Å². The first kappa shape index (κ1) is 15.9. The molecule has 2 rings (SSSR count). The van der Waals surface area contributed by atoms with Crippen molar-refractivity contribution in [1.29, 1.82) is 0 Å². The number of nitrogens with zero attached hydrogens (tertiary/aromatic N) is 1. The first-order valence-electron chi connectivity index (χ1n) is 7.55. The molecule has 4 heteroatoms.